The molecule has 0 aromatic rings. The zero-order valence-corrected chi connectivity index (χ0v) is 20.2. The number of urea groups is 1. The molecule has 0 aromatic heterocycles. The Kier molecular flexibility index (Phi) is 10.7. The lowest BCUT2D eigenvalue weighted by molar-refractivity contribution is -0.779. The number of likely N-dealkylation sites (tertiary alicyclic amines) is 1. The van der Waals surface area contributed by atoms with Gasteiger partial charge in [0.15, 0.2) is 6.04 Å². The summed E-state index contributed by atoms with van der Waals surface area (Å²) in [7, 11) is 0. The number of rotatable bonds is 13. The first-order valence-corrected chi connectivity index (χ1v) is 12.4. The Morgan fingerprint density at radius 2 is 1.82 bits per heavy atom. The molecule has 188 valence electrons. The molecule has 1 saturated heterocycles. The summed E-state index contributed by atoms with van der Waals surface area (Å²) in [5.41, 5.74) is 5.66. The fourth-order valence-electron chi connectivity index (χ4n) is 5.55. The topological polar surface area (TPSA) is 133 Å². The third-order valence-electron chi connectivity index (χ3n) is 7.40. The lowest BCUT2D eigenvalue weighted by Crippen LogP contribution is -2.68. The van der Waals surface area contributed by atoms with Crippen molar-refractivity contribution in [1.82, 2.24) is 15.3 Å². The van der Waals surface area contributed by atoms with Gasteiger partial charge in [-0.2, -0.15) is 4.48 Å². The van der Waals surface area contributed by atoms with E-state index in [-0.39, 0.29) is 19.5 Å². The van der Waals surface area contributed by atoms with Crippen LogP contribution in [0.2, 0.25) is 0 Å². The Labute approximate surface area is 197 Å². The molecule has 5 amide bonds. The van der Waals surface area contributed by atoms with Crippen molar-refractivity contribution in [2.24, 2.45) is 17.6 Å². The van der Waals surface area contributed by atoms with Crippen molar-refractivity contribution in [3.8, 4) is 0 Å². The van der Waals surface area contributed by atoms with E-state index in [1.54, 1.807) is 0 Å². The number of nitrogens with two attached hydrogens (primary N) is 1. The monoisotopic (exact) mass is 468 g/mol. The summed E-state index contributed by atoms with van der Waals surface area (Å²) < 4.78 is -0.662. The van der Waals surface area contributed by atoms with Crippen molar-refractivity contribution >= 4 is 24.3 Å². The summed E-state index contributed by atoms with van der Waals surface area (Å²) in [6, 6.07) is -1.44. The maximum absolute atomic E-state index is 13.9. The SMILES string of the molecule is CCN(CC)CCCNC(=O)[N+]1(C(=O)[C@H](CC2CCCC2)CN(O)C=O)CCC[C@H]1C(N)=O. The summed E-state index contributed by atoms with van der Waals surface area (Å²) in [4.78, 5) is 53.1. The molecule has 4 N–H and O–H groups in total. The lowest BCUT2D eigenvalue weighted by atomic mass is 9.90. The van der Waals surface area contributed by atoms with Gasteiger partial charge in [-0.15, -0.1) is 0 Å². The van der Waals surface area contributed by atoms with Crippen LogP contribution in [0.15, 0.2) is 0 Å². The number of hydroxylamine groups is 2. The number of nitrogens with zero attached hydrogens (tertiary/aromatic N) is 3. The minimum absolute atomic E-state index is 0.195. The predicted molar refractivity (Wildman–Crippen MR) is 123 cm³/mol. The van der Waals surface area contributed by atoms with Crippen molar-refractivity contribution in [3.63, 3.8) is 0 Å². The van der Waals surface area contributed by atoms with Crippen LogP contribution < -0.4 is 11.1 Å². The third-order valence-corrected chi connectivity index (χ3v) is 7.40. The fourth-order valence-corrected chi connectivity index (χ4v) is 5.55. The first-order chi connectivity index (χ1) is 15.8. The van der Waals surface area contributed by atoms with Crippen LogP contribution >= 0.6 is 0 Å². The molecular formula is C23H42N5O5+. The number of imide groups is 1. The number of quaternary nitrogens is 1. The summed E-state index contributed by atoms with van der Waals surface area (Å²) in [6.07, 6.45) is 6.48. The third kappa shape index (κ3) is 6.74. The first kappa shape index (κ1) is 27.2. The van der Waals surface area contributed by atoms with E-state index in [2.05, 4.69) is 24.1 Å². The number of carbonyl (C=O) groups is 4. The Balaban J connectivity index is 2.23. The average molecular weight is 469 g/mol. The molecule has 33 heavy (non-hydrogen) atoms. The first-order valence-electron chi connectivity index (χ1n) is 12.4. The van der Waals surface area contributed by atoms with Crippen molar-refractivity contribution in [2.45, 2.75) is 71.3 Å². The van der Waals surface area contributed by atoms with E-state index >= 15 is 0 Å². The number of carbonyl (C=O) groups excluding carboxylic acids is 4. The second kappa shape index (κ2) is 13.0. The van der Waals surface area contributed by atoms with Crippen LogP contribution in [0.1, 0.15) is 65.2 Å². The van der Waals surface area contributed by atoms with Crippen LogP contribution in [0.4, 0.5) is 4.79 Å². The number of hydrogen-bond acceptors (Lipinski definition) is 6. The Morgan fingerprint density at radius 1 is 1.15 bits per heavy atom. The van der Waals surface area contributed by atoms with Gasteiger partial charge in [-0.3, -0.25) is 14.8 Å². The molecule has 1 aliphatic heterocycles. The normalized spacial score (nSPS) is 24.1. The molecule has 0 bridgehead atoms. The molecule has 10 nitrogen and oxygen atoms in total. The van der Waals surface area contributed by atoms with E-state index in [0.717, 1.165) is 51.7 Å². The van der Waals surface area contributed by atoms with Crippen LogP contribution in [0.3, 0.4) is 0 Å². The molecule has 2 fully saturated rings. The molecule has 0 spiro atoms. The molecule has 1 aliphatic carbocycles. The van der Waals surface area contributed by atoms with Gasteiger partial charge in [-0.05, 0) is 38.4 Å². The molecule has 3 atom stereocenters. The second-order valence-electron chi connectivity index (χ2n) is 9.41. The summed E-state index contributed by atoms with van der Waals surface area (Å²) in [5.74, 6) is -1.55. The minimum atomic E-state index is -0.935. The maximum Gasteiger partial charge on any atom is 0.424 e. The van der Waals surface area contributed by atoms with Crippen molar-refractivity contribution in [1.29, 1.82) is 0 Å². The molecular weight excluding hydrogens is 426 g/mol. The minimum Gasteiger partial charge on any atom is -0.364 e. The smallest absolute Gasteiger partial charge is 0.364 e. The molecule has 1 heterocycles. The summed E-state index contributed by atoms with van der Waals surface area (Å²) in [6.45, 7) is 7.22. The zero-order valence-electron chi connectivity index (χ0n) is 20.2. The Morgan fingerprint density at radius 3 is 2.39 bits per heavy atom. The van der Waals surface area contributed by atoms with Gasteiger partial charge in [-0.1, -0.05) is 39.5 Å². The Hall–Kier alpha value is -2.04. The highest BCUT2D eigenvalue weighted by atomic mass is 16.5. The molecule has 0 aromatic carbocycles. The van der Waals surface area contributed by atoms with Gasteiger partial charge < -0.3 is 16.0 Å². The van der Waals surface area contributed by atoms with E-state index in [0.29, 0.717) is 36.8 Å². The Bertz CT molecular complexity index is 680. The molecule has 2 aliphatic rings. The van der Waals surface area contributed by atoms with Gasteiger partial charge in [0.1, 0.15) is 0 Å². The number of hydrogen-bond donors (Lipinski definition) is 3. The van der Waals surface area contributed by atoms with Crippen molar-refractivity contribution < 1.29 is 28.9 Å². The van der Waals surface area contributed by atoms with E-state index < -0.39 is 34.3 Å². The van der Waals surface area contributed by atoms with E-state index in [1.807, 2.05) is 0 Å². The van der Waals surface area contributed by atoms with Gasteiger partial charge in [0, 0.05) is 19.4 Å². The predicted octanol–water partition coefficient (Wildman–Crippen LogP) is 1.46. The second-order valence-corrected chi connectivity index (χ2v) is 9.41. The molecule has 0 radical (unpaired) electrons. The number of nitrogens with one attached hydrogen (secondary N) is 1. The molecule has 10 heteroatoms. The highest BCUT2D eigenvalue weighted by molar-refractivity contribution is 5.91. The van der Waals surface area contributed by atoms with Crippen molar-refractivity contribution in [2.75, 3.05) is 39.3 Å². The number of amides is 5. The number of primary amides is 1. The van der Waals surface area contributed by atoms with Gasteiger partial charge in [-0.25, -0.2) is 14.7 Å². The zero-order chi connectivity index (χ0) is 24.4. The van der Waals surface area contributed by atoms with E-state index in [1.165, 1.54) is 0 Å². The van der Waals surface area contributed by atoms with Crippen LogP contribution in [0.25, 0.3) is 0 Å². The van der Waals surface area contributed by atoms with Crippen LogP contribution in [0, 0.1) is 11.8 Å². The molecule has 2 rings (SSSR count). The van der Waals surface area contributed by atoms with Gasteiger partial charge in [0.25, 0.3) is 5.91 Å². The van der Waals surface area contributed by atoms with E-state index in [4.69, 9.17) is 5.73 Å². The van der Waals surface area contributed by atoms with Gasteiger partial charge >= 0.3 is 11.9 Å². The van der Waals surface area contributed by atoms with Crippen LogP contribution in [-0.2, 0) is 14.4 Å². The highest BCUT2D eigenvalue weighted by Gasteiger charge is 2.58. The van der Waals surface area contributed by atoms with Crippen LogP contribution in [0.5, 0.6) is 0 Å². The lowest BCUT2D eigenvalue weighted by Gasteiger charge is -2.36. The summed E-state index contributed by atoms with van der Waals surface area (Å²) >= 11 is 0. The van der Waals surface area contributed by atoms with Crippen LogP contribution in [-0.4, -0.2) is 89.2 Å². The van der Waals surface area contributed by atoms with Gasteiger partial charge in [0.05, 0.1) is 19.0 Å². The summed E-state index contributed by atoms with van der Waals surface area (Å²) in [5, 5.41) is 13.2. The molecule has 1 saturated carbocycles. The standard InChI is InChI=1S/C23H41N5O5/c1-3-26(4-2)13-8-12-25-23(32)28(14-7-11-20(28)21(24)30)22(31)19(16-27(33)17-29)15-18-9-5-6-10-18/h17-20,33H,3-16H2,1-2H3,(H2-,24,25,30,32)/p+1/t19-,20+,28?/m1/s1. The largest absolute Gasteiger partial charge is 0.424 e. The average Bonchev–Trinajstić information content (AvgIpc) is 3.48. The molecule has 1 unspecified atom stereocenters. The quantitative estimate of drug-likeness (QED) is 0.123. The van der Waals surface area contributed by atoms with Gasteiger partial charge in [0.2, 0.25) is 6.41 Å². The maximum atomic E-state index is 13.9. The fraction of sp³-hybridized carbons (Fsp3) is 0.826. The van der Waals surface area contributed by atoms with E-state index in [9.17, 15) is 24.4 Å². The van der Waals surface area contributed by atoms with Crippen molar-refractivity contribution in [3.05, 3.63) is 0 Å². The highest BCUT2D eigenvalue weighted by Crippen LogP contribution is 2.35.